The van der Waals surface area contributed by atoms with Crippen LogP contribution in [0, 0.1) is 13.8 Å². The van der Waals surface area contributed by atoms with E-state index < -0.39 is 58.8 Å². The fourth-order valence-corrected chi connectivity index (χ4v) is 9.00. The van der Waals surface area contributed by atoms with Gasteiger partial charge < -0.3 is 0 Å². The Morgan fingerprint density at radius 2 is 0.606 bits per heavy atom. The summed E-state index contributed by atoms with van der Waals surface area (Å²) in [5.41, 5.74) is 6.61. The summed E-state index contributed by atoms with van der Waals surface area (Å²) in [5, 5.41) is 0. The van der Waals surface area contributed by atoms with E-state index in [1.807, 2.05) is 0 Å². The third-order valence-corrected chi connectivity index (χ3v) is 13.2. The Morgan fingerprint density at radius 1 is 0.338 bits per heavy atom. The van der Waals surface area contributed by atoms with Crippen molar-refractivity contribution in [1.82, 2.24) is 9.80 Å². The van der Waals surface area contributed by atoms with Crippen LogP contribution in [0.1, 0.15) is 137 Å². The smallest absolute Gasteiger partial charge is 0.266 e. The van der Waals surface area contributed by atoms with E-state index in [0.29, 0.717) is 17.8 Å². The Balaban J connectivity index is 0.000000664. The molecule has 0 N–H and O–H groups in total. The molecule has 0 saturated heterocycles. The van der Waals surface area contributed by atoms with E-state index in [9.17, 15) is 47.9 Å². The molecule has 346 valence electrons. The van der Waals surface area contributed by atoms with Crippen molar-refractivity contribution in [2.75, 3.05) is 23.9 Å². The average Bonchev–Trinajstić information content (AvgIpc) is 3.96. The highest BCUT2D eigenvalue weighted by atomic mass is 16.2. The maximum atomic E-state index is 13.6. The van der Waals surface area contributed by atoms with E-state index in [4.69, 9.17) is 0 Å². The van der Waals surface area contributed by atoms with Gasteiger partial charge in [-0.3, -0.25) is 57.7 Å². The molecule has 4 aliphatic heterocycles. The molecule has 11 rings (SSSR count). The number of nitrogens with zero attached hydrogens (tertiary/aromatic N) is 4. The van der Waals surface area contributed by atoms with Crippen LogP contribution >= 0.6 is 0 Å². The number of hydrogen-bond acceptors (Lipinski definition) is 10. The molecule has 8 amide bonds. The molecule has 14 heteroatoms. The predicted octanol–water partition coefficient (Wildman–Crippen LogP) is 8.10. The molecule has 4 heterocycles. The van der Waals surface area contributed by atoms with Gasteiger partial charge in [-0.25, -0.2) is 9.80 Å². The highest BCUT2D eigenvalue weighted by molar-refractivity contribution is 6.36. The van der Waals surface area contributed by atoms with Gasteiger partial charge in [-0.2, -0.15) is 0 Å². The lowest BCUT2D eigenvalue weighted by atomic mass is 9.96. The number of carbonyl (C=O) groups is 10. The predicted molar refractivity (Wildman–Crippen MR) is 259 cm³/mol. The zero-order valence-corrected chi connectivity index (χ0v) is 38.4. The standard InChI is InChI=1S/C49H28N4O10.C8H10/c1-50-42(56)32-15-7-26(20-36(32)44(50)58)40(54)28-9-17-34-38(22-28)48(62)52(46(34)60)30-11-3-24(4-12-30)19-25-5-13-31(14-6-25)53-47(61)35-18-10-29(23-39(35)49(53)63)41(55)27-8-16-33-37(21-27)45(59)51(2)43(33)57;1-7-5-3-4-6-8(7)2/h3-18,20-23H,19H2,1-2H3;3-6H,1-2H3. The van der Waals surface area contributed by atoms with Gasteiger partial charge >= 0.3 is 0 Å². The van der Waals surface area contributed by atoms with Crippen LogP contribution in [0.25, 0.3) is 0 Å². The summed E-state index contributed by atoms with van der Waals surface area (Å²) in [6.45, 7) is 4.24. The summed E-state index contributed by atoms with van der Waals surface area (Å²) in [4.78, 5) is 135. The summed E-state index contributed by atoms with van der Waals surface area (Å²) in [5.74, 6) is -5.25. The van der Waals surface area contributed by atoms with Gasteiger partial charge in [-0.05, 0) is 115 Å². The Morgan fingerprint density at radius 3 is 0.915 bits per heavy atom. The number of amides is 8. The van der Waals surface area contributed by atoms with E-state index in [0.717, 1.165) is 30.7 Å². The van der Waals surface area contributed by atoms with Gasteiger partial charge in [0.25, 0.3) is 47.3 Å². The number of aryl methyl sites for hydroxylation is 2. The first kappa shape index (κ1) is 45.2. The molecule has 7 aromatic carbocycles. The zero-order chi connectivity index (χ0) is 50.2. The molecule has 0 radical (unpaired) electrons. The van der Waals surface area contributed by atoms with Crippen molar-refractivity contribution in [3.05, 3.63) is 235 Å². The number of carbonyl (C=O) groups excluding carboxylic acids is 10. The topological polar surface area (TPSA) is 184 Å². The van der Waals surface area contributed by atoms with E-state index in [1.165, 1.54) is 98.0 Å². The second-order valence-corrected chi connectivity index (χ2v) is 17.5. The third-order valence-electron chi connectivity index (χ3n) is 13.2. The summed E-state index contributed by atoms with van der Waals surface area (Å²) in [6, 6.07) is 38.8. The number of fused-ring (bicyclic) bond motifs is 4. The van der Waals surface area contributed by atoms with Gasteiger partial charge in [0.2, 0.25) is 0 Å². The van der Waals surface area contributed by atoms with Crippen molar-refractivity contribution in [2.24, 2.45) is 0 Å². The van der Waals surface area contributed by atoms with Crippen LogP contribution in [0.4, 0.5) is 11.4 Å². The number of rotatable bonds is 8. The maximum Gasteiger partial charge on any atom is 0.266 e. The van der Waals surface area contributed by atoms with E-state index in [1.54, 1.807) is 48.5 Å². The second-order valence-electron chi connectivity index (χ2n) is 17.5. The molecule has 14 nitrogen and oxygen atoms in total. The van der Waals surface area contributed by atoms with Gasteiger partial charge in [0.1, 0.15) is 0 Å². The van der Waals surface area contributed by atoms with Crippen molar-refractivity contribution >= 4 is 70.2 Å². The normalized spacial score (nSPS) is 14.5. The number of anilines is 2. The monoisotopic (exact) mass is 938 g/mol. The Kier molecular flexibility index (Phi) is 11.0. The van der Waals surface area contributed by atoms with Crippen LogP contribution in [-0.2, 0) is 6.42 Å². The van der Waals surface area contributed by atoms with Crippen LogP contribution in [-0.4, -0.2) is 82.7 Å². The Hall–Kier alpha value is -9.56. The molecule has 7 aromatic rings. The maximum absolute atomic E-state index is 13.6. The quantitative estimate of drug-likeness (QED) is 0.107. The molecule has 4 aliphatic rings. The summed E-state index contributed by atoms with van der Waals surface area (Å²) in [7, 11) is 2.72. The third kappa shape index (κ3) is 7.54. The van der Waals surface area contributed by atoms with Crippen LogP contribution in [0.3, 0.4) is 0 Å². The first-order valence-corrected chi connectivity index (χ1v) is 22.3. The Bertz CT molecular complexity index is 3380. The van der Waals surface area contributed by atoms with Crippen molar-refractivity contribution in [3.8, 4) is 0 Å². The zero-order valence-electron chi connectivity index (χ0n) is 38.4. The summed E-state index contributed by atoms with van der Waals surface area (Å²) in [6.07, 6.45) is 0.430. The van der Waals surface area contributed by atoms with Crippen LogP contribution in [0.5, 0.6) is 0 Å². The van der Waals surface area contributed by atoms with Gasteiger partial charge in [0, 0.05) is 36.3 Å². The first-order chi connectivity index (χ1) is 34.0. The highest BCUT2D eigenvalue weighted by Gasteiger charge is 2.40. The molecule has 0 aromatic heterocycles. The molecule has 71 heavy (non-hydrogen) atoms. The lowest BCUT2D eigenvalue weighted by Gasteiger charge is -2.15. The number of ketones is 2. The summed E-state index contributed by atoms with van der Waals surface area (Å²) >= 11 is 0. The van der Waals surface area contributed by atoms with Crippen LogP contribution in [0.15, 0.2) is 146 Å². The van der Waals surface area contributed by atoms with Gasteiger partial charge in [0.15, 0.2) is 11.6 Å². The molecular weight excluding hydrogens is 901 g/mol. The molecular formula is C57H38N4O10. The highest BCUT2D eigenvalue weighted by Crippen LogP contribution is 2.34. The Labute approximate surface area is 405 Å². The van der Waals surface area contributed by atoms with Crippen LogP contribution in [0.2, 0.25) is 0 Å². The molecule has 0 spiro atoms. The molecule has 0 saturated carbocycles. The van der Waals surface area contributed by atoms with Crippen molar-refractivity contribution in [1.29, 1.82) is 0 Å². The van der Waals surface area contributed by atoms with Gasteiger partial charge in [-0.1, -0.05) is 72.8 Å². The average molecular weight is 939 g/mol. The van der Waals surface area contributed by atoms with Crippen molar-refractivity contribution in [2.45, 2.75) is 20.3 Å². The largest absolute Gasteiger partial charge is 0.289 e. The molecule has 0 unspecified atom stereocenters. The second kappa shape index (κ2) is 17.2. The molecule has 0 aliphatic carbocycles. The van der Waals surface area contributed by atoms with Gasteiger partial charge in [0.05, 0.1) is 55.9 Å². The lowest BCUT2D eigenvalue weighted by molar-refractivity contribution is 0.0677. The molecule has 0 bridgehead atoms. The van der Waals surface area contributed by atoms with E-state index >= 15 is 0 Å². The summed E-state index contributed by atoms with van der Waals surface area (Å²) < 4.78 is 0. The fraction of sp³-hybridized carbons (Fsp3) is 0.0877. The lowest BCUT2D eigenvalue weighted by Crippen LogP contribution is -2.29. The van der Waals surface area contributed by atoms with Crippen molar-refractivity contribution in [3.63, 3.8) is 0 Å². The minimum Gasteiger partial charge on any atom is -0.289 e. The fourth-order valence-electron chi connectivity index (χ4n) is 9.00. The van der Waals surface area contributed by atoms with Crippen LogP contribution < -0.4 is 9.80 Å². The van der Waals surface area contributed by atoms with E-state index in [-0.39, 0.29) is 66.8 Å². The van der Waals surface area contributed by atoms with E-state index in [2.05, 4.69) is 38.1 Å². The first-order valence-electron chi connectivity index (χ1n) is 22.3. The SMILES string of the molecule is CN1C(=O)c2ccc(C(=O)c3ccc4c(c3)C(=O)N(c3ccc(Cc5ccc(N6C(=O)c7ccc(C(=O)c8ccc9c(c8)C(=O)N(C)C9=O)cc7C6=O)cc5)cc3)C4=O)cc2C1=O.Cc1ccccc1C. The minimum atomic E-state index is -0.607. The molecule has 0 atom stereocenters. The number of hydrogen-bond donors (Lipinski definition) is 0. The number of benzene rings is 7. The van der Waals surface area contributed by atoms with Gasteiger partial charge in [-0.15, -0.1) is 0 Å². The molecule has 0 fully saturated rings. The minimum absolute atomic E-state index is 0.0516. The number of imide groups is 4. The van der Waals surface area contributed by atoms with Crippen molar-refractivity contribution < 1.29 is 47.9 Å².